The van der Waals surface area contributed by atoms with E-state index in [1.807, 2.05) is 26.0 Å². The van der Waals surface area contributed by atoms with Crippen LogP contribution in [0.25, 0.3) is 0 Å². The van der Waals surface area contributed by atoms with Gasteiger partial charge in [-0.3, -0.25) is 4.90 Å². The molecule has 1 heterocycles. The summed E-state index contributed by atoms with van der Waals surface area (Å²) in [6.07, 6.45) is -0.329. The third kappa shape index (κ3) is 5.72. The van der Waals surface area contributed by atoms with Crippen molar-refractivity contribution in [3.05, 3.63) is 30.1 Å². The van der Waals surface area contributed by atoms with E-state index in [2.05, 4.69) is 9.80 Å². The first-order valence-electron chi connectivity index (χ1n) is 7.57. The van der Waals surface area contributed by atoms with Gasteiger partial charge in [0.2, 0.25) is 0 Å². The minimum Gasteiger partial charge on any atom is -0.389 e. The SMILES string of the molecule is CC(C)OCC(O)CN1CCN(c2ccccc2F)CC1.Cl. The molecule has 1 saturated heterocycles. The van der Waals surface area contributed by atoms with Gasteiger partial charge in [0.15, 0.2) is 0 Å². The quantitative estimate of drug-likeness (QED) is 0.866. The molecule has 2 rings (SSSR count). The van der Waals surface area contributed by atoms with Crippen LogP contribution in [0.15, 0.2) is 24.3 Å². The minimum atomic E-state index is -0.465. The highest BCUT2D eigenvalue weighted by atomic mass is 35.5. The molecule has 1 N–H and O–H groups in total. The van der Waals surface area contributed by atoms with Gasteiger partial charge in [-0.1, -0.05) is 12.1 Å². The number of anilines is 1. The molecule has 1 aliphatic rings. The van der Waals surface area contributed by atoms with E-state index in [1.54, 1.807) is 6.07 Å². The molecule has 1 aromatic carbocycles. The average Bonchev–Trinajstić information content (AvgIpc) is 2.47. The predicted molar refractivity (Wildman–Crippen MR) is 89.4 cm³/mol. The second kappa shape index (κ2) is 9.30. The molecule has 4 nitrogen and oxygen atoms in total. The third-order valence-electron chi connectivity index (χ3n) is 3.66. The summed E-state index contributed by atoms with van der Waals surface area (Å²) in [5.74, 6) is -0.170. The maximum Gasteiger partial charge on any atom is 0.146 e. The van der Waals surface area contributed by atoms with E-state index in [1.165, 1.54) is 6.07 Å². The zero-order valence-corrected chi connectivity index (χ0v) is 14.1. The molecule has 0 aromatic heterocycles. The smallest absolute Gasteiger partial charge is 0.146 e. The first-order chi connectivity index (χ1) is 10.1. The molecular formula is C16H26ClFN2O2. The van der Waals surface area contributed by atoms with E-state index in [0.717, 1.165) is 26.2 Å². The number of para-hydroxylation sites is 1. The first-order valence-corrected chi connectivity index (χ1v) is 7.57. The van der Waals surface area contributed by atoms with Crippen LogP contribution in [0.3, 0.4) is 0 Å². The number of nitrogens with zero attached hydrogens (tertiary/aromatic N) is 2. The van der Waals surface area contributed by atoms with Gasteiger partial charge in [0, 0.05) is 32.7 Å². The van der Waals surface area contributed by atoms with Gasteiger partial charge in [-0.15, -0.1) is 12.4 Å². The van der Waals surface area contributed by atoms with Gasteiger partial charge >= 0.3 is 0 Å². The van der Waals surface area contributed by atoms with Crippen molar-refractivity contribution in [3.8, 4) is 0 Å². The summed E-state index contributed by atoms with van der Waals surface area (Å²) in [7, 11) is 0. The molecular weight excluding hydrogens is 307 g/mol. The predicted octanol–water partition coefficient (Wildman–Crippen LogP) is 2.16. The van der Waals surface area contributed by atoms with E-state index in [-0.39, 0.29) is 24.3 Å². The van der Waals surface area contributed by atoms with Crippen LogP contribution >= 0.6 is 12.4 Å². The van der Waals surface area contributed by atoms with E-state index in [9.17, 15) is 9.50 Å². The van der Waals surface area contributed by atoms with Crippen molar-refractivity contribution in [2.24, 2.45) is 0 Å². The number of rotatable bonds is 6. The minimum absolute atomic E-state index is 0. The van der Waals surface area contributed by atoms with Gasteiger partial charge in [-0.2, -0.15) is 0 Å². The molecule has 0 spiro atoms. The molecule has 1 fully saturated rings. The Balaban J connectivity index is 0.00000242. The van der Waals surface area contributed by atoms with Crippen molar-refractivity contribution in [1.82, 2.24) is 4.90 Å². The monoisotopic (exact) mass is 332 g/mol. The Labute approximate surface area is 138 Å². The molecule has 0 amide bonds. The molecule has 0 radical (unpaired) electrons. The Morgan fingerprint density at radius 1 is 1.18 bits per heavy atom. The standard InChI is InChI=1S/C16H25FN2O2.ClH/c1-13(2)21-12-14(20)11-18-7-9-19(10-8-18)16-6-4-3-5-15(16)17;/h3-6,13-14,20H,7-12H2,1-2H3;1H. The summed E-state index contributed by atoms with van der Waals surface area (Å²) in [6.45, 7) is 8.10. The summed E-state index contributed by atoms with van der Waals surface area (Å²) >= 11 is 0. The molecule has 1 unspecified atom stereocenters. The van der Waals surface area contributed by atoms with E-state index in [0.29, 0.717) is 18.8 Å². The molecule has 126 valence electrons. The Morgan fingerprint density at radius 3 is 2.41 bits per heavy atom. The van der Waals surface area contributed by atoms with E-state index in [4.69, 9.17) is 4.74 Å². The summed E-state index contributed by atoms with van der Waals surface area (Å²) in [5, 5.41) is 9.94. The highest BCUT2D eigenvalue weighted by Gasteiger charge is 2.21. The van der Waals surface area contributed by atoms with Gasteiger partial charge < -0.3 is 14.7 Å². The second-order valence-electron chi connectivity index (χ2n) is 5.77. The number of piperazine rings is 1. The van der Waals surface area contributed by atoms with Crippen LogP contribution in [-0.4, -0.2) is 61.5 Å². The number of aliphatic hydroxyl groups is 1. The summed E-state index contributed by atoms with van der Waals surface area (Å²) in [6, 6.07) is 6.88. The van der Waals surface area contributed by atoms with Gasteiger partial charge in [-0.05, 0) is 26.0 Å². The fraction of sp³-hybridized carbons (Fsp3) is 0.625. The zero-order valence-electron chi connectivity index (χ0n) is 13.2. The Hall–Kier alpha value is -0.880. The van der Waals surface area contributed by atoms with Crippen molar-refractivity contribution in [1.29, 1.82) is 0 Å². The summed E-state index contributed by atoms with van der Waals surface area (Å²) < 4.78 is 19.2. The lowest BCUT2D eigenvalue weighted by Crippen LogP contribution is -2.49. The van der Waals surface area contributed by atoms with Crippen LogP contribution < -0.4 is 4.90 Å². The third-order valence-corrected chi connectivity index (χ3v) is 3.66. The normalized spacial score (nSPS) is 17.4. The van der Waals surface area contributed by atoms with Crippen molar-refractivity contribution in [2.45, 2.75) is 26.1 Å². The Morgan fingerprint density at radius 2 is 1.82 bits per heavy atom. The van der Waals surface area contributed by atoms with Gasteiger partial charge in [-0.25, -0.2) is 4.39 Å². The van der Waals surface area contributed by atoms with Crippen molar-refractivity contribution < 1.29 is 14.2 Å². The average molecular weight is 333 g/mol. The molecule has 0 aliphatic carbocycles. The van der Waals surface area contributed by atoms with Crippen molar-refractivity contribution in [3.63, 3.8) is 0 Å². The van der Waals surface area contributed by atoms with Crippen LogP contribution in [0.2, 0.25) is 0 Å². The van der Waals surface area contributed by atoms with E-state index >= 15 is 0 Å². The van der Waals surface area contributed by atoms with Crippen LogP contribution in [-0.2, 0) is 4.74 Å². The molecule has 1 atom stereocenters. The number of benzene rings is 1. The highest BCUT2D eigenvalue weighted by Crippen LogP contribution is 2.20. The highest BCUT2D eigenvalue weighted by molar-refractivity contribution is 5.85. The molecule has 0 bridgehead atoms. The summed E-state index contributed by atoms with van der Waals surface area (Å²) in [4.78, 5) is 4.26. The maximum atomic E-state index is 13.7. The molecule has 0 saturated carbocycles. The number of β-amino-alcohol motifs (C(OH)–C–C–N with tert-alkyl or cyclic N) is 1. The fourth-order valence-corrected chi connectivity index (χ4v) is 2.53. The topological polar surface area (TPSA) is 35.9 Å². The van der Waals surface area contributed by atoms with Crippen LogP contribution in [0, 0.1) is 5.82 Å². The van der Waals surface area contributed by atoms with Gasteiger partial charge in [0.1, 0.15) is 5.82 Å². The number of ether oxygens (including phenoxy) is 1. The molecule has 6 heteroatoms. The summed E-state index contributed by atoms with van der Waals surface area (Å²) in [5.41, 5.74) is 0.667. The second-order valence-corrected chi connectivity index (χ2v) is 5.77. The number of aliphatic hydroxyl groups excluding tert-OH is 1. The first kappa shape index (κ1) is 19.2. The van der Waals surface area contributed by atoms with Gasteiger partial charge in [0.05, 0.1) is 24.5 Å². The lowest BCUT2D eigenvalue weighted by Gasteiger charge is -2.37. The Kier molecular flexibility index (Phi) is 8.10. The molecule has 22 heavy (non-hydrogen) atoms. The lowest BCUT2D eigenvalue weighted by atomic mass is 10.2. The zero-order chi connectivity index (χ0) is 15.2. The number of hydrogen-bond donors (Lipinski definition) is 1. The fourth-order valence-electron chi connectivity index (χ4n) is 2.53. The maximum absolute atomic E-state index is 13.7. The molecule has 1 aliphatic heterocycles. The largest absolute Gasteiger partial charge is 0.389 e. The van der Waals surface area contributed by atoms with Crippen LogP contribution in [0.4, 0.5) is 10.1 Å². The van der Waals surface area contributed by atoms with E-state index < -0.39 is 6.10 Å². The lowest BCUT2D eigenvalue weighted by molar-refractivity contribution is -0.00900. The Bertz CT molecular complexity index is 440. The number of hydrogen-bond acceptors (Lipinski definition) is 4. The number of halogens is 2. The van der Waals surface area contributed by atoms with Crippen molar-refractivity contribution >= 4 is 18.1 Å². The van der Waals surface area contributed by atoms with Crippen LogP contribution in [0.1, 0.15) is 13.8 Å². The van der Waals surface area contributed by atoms with Gasteiger partial charge in [0.25, 0.3) is 0 Å². The van der Waals surface area contributed by atoms with Crippen molar-refractivity contribution in [2.75, 3.05) is 44.2 Å². The van der Waals surface area contributed by atoms with Crippen LogP contribution in [0.5, 0.6) is 0 Å². The molecule has 1 aromatic rings.